The number of nitrogens with one attached hydrogen (secondary N) is 2. The van der Waals surface area contributed by atoms with Crippen molar-refractivity contribution in [2.75, 3.05) is 0 Å². The lowest BCUT2D eigenvalue weighted by Crippen LogP contribution is -2.26. The molecule has 1 aliphatic heterocycles. The summed E-state index contributed by atoms with van der Waals surface area (Å²) in [6.07, 6.45) is 11.6. The van der Waals surface area contributed by atoms with Crippen molar-refractivity contribution in [2.45, 2.75) is 85.1 Å². The van der Waals surface area contributed by atoms with Gasteiger partial charge in [0.15, 0.2) is 0 Å². The summed E-state index contributed by atoms with van der Waals surface area (Å²) in [5.74, 6) is 0.611. The van der Waals surface area contributed by atoms with Crippen LogP contribution in [0.25, 0.3) is 5.57 Å². The second-order valence-corrected chi connectivity index (χ2v) is 10.8. The smallest absolute Gasteiger partial charge is 0.0492 e. The van der Waals surface area contributed by atoms with Gasteiger partial charge in [-0.3, -0.25) is 4.98 Å². The zero-order valence-corrected chi connectivity index (χ0v) is 22.7. The maximum absolute atomic E-state index is 4.97. The highest BCUT2D eigenvalue weighted by Gasteiger charge is 2.26. The molecule has 0 saturated carbocycles. The third kappa shape index (κ3) is 6.29. The summed E-state index contributed by atoms with van der Waals surface area (Å²) in [4.78, 5) is 4.97. The van der Waals surface area contributed by atoms with E-state index >= 15 is 0 Å². The summed E-state index contributed by atoms with van der Waals surface area (Å²) in [5.41, 5.74) is 12.0. The number of aromatic nitrogens is 1. The highest BCUT2D eigenvalue weighted by atomic mass is 32.2. The number of pyridine rings is 1. The van der Waals surface area contributed by atoms with Gasteiger partial charge >= 0.3 is 0 Å². The van der Waals surface area contributed by atoms with Crippen molar-refractivity contribution in [2.24, 2.45) is 5.92 Å². The van der Waals surface area contributed by atoms with E-state index in [1.54, 1.807) is 5.57 Å². The van der Waals surface area contributed by atoms with Crippen LogP contribution in [0.4, 0.5) is 0 Å². The van der Waals surface area contributed by atoms with Crippen LogP contribution >= 0.6 is 12.1 Å². The molecule has 2 unspecified atom stereocenters. The molecule has 2 heterocycles. The van der Waals surface area contributed by atoms with Gasteiger partial charge in [0.1, 0.15) is 0 Å². The van der Waals surface area contributed by atoms with E-state index in [0.717, 1.165) is 31.4 Å². The Kier molecular flexibility index (Phi) is 8.91. The molecule has 1 fully saturated rings. The predicted octanol–water partition coefficient (Wildman–Crippen LogP) is 8.20. The van der Waals surface area contributed by atoms with Crippen LogP contribution in [0.3, 0.4) is 0 Å². The molecule has 3 nitrogen and oxygen atoms in total. The van der Waals surface area contributed by atoms with Crippen LogP contribution in [0.2, 0.25) is 0 Å². The number of hydrogen-bond donors (Lipinski definition) is 2. The lowest BCUT2D eigenvalue weighted by Gasteiger charge is -2.25. The molecule has 4 heteroatoms. The van der Waals surface area contributed by atoms with E-state index in [1.165, 1.54) is 77.0 Å². The first kappa shape index (κ1) is 25.8. The van der Waals surface area contributed by atoms with E-state index in [4.69, 9.17) is 4.98 Å². The van der Waals surface area contributed by atoms with E-state index in [-0.39, 0.29) is 0 Å². The van der Waals surface area contributed by atoms with Gasteiger partial charge in [0, 0.05) is 47.2 Å². The molecule has 1 aliphatic carbocycles. The van der Waals surface area contributed by atoms with E-state index in [9.17, 15) is 0 Å². The molecule has 1 aromatic carbocycles. The predicted molar refractivity (Wildman–Crippen MR) is 152 cm³/mol. The molecule has 0 spiro atoms. The number of unbranched alkanes of at least 4 members (excludes halogenated alkanes) is 2. The minimum atomic E-state index is 0.328. The molecular weight excluding hydrogens is 446 g/mol. The highest BCUT2D eigenvalue weighted by molar-refractivity contribution is 7.95. The first-order valence-electron chi connectivity index (χ1n) is 13.3. The third-order valence-corrected chi connectivity index (χ3v) is 8.42. The summed E-state index contributed by atoms with van der Waals surface area (Å²) in [6, 6.07) is 14.1. The Morgan fingerprint density at radius 3 is 2.63 bits per heavy atom. The molecule has 2 aliphatic rings. The zero-order valence-electron chi connectivity index (χ0n) is 21.9. The fourth-order valence-corrected chi connectivity index (χ4v) is 6.17. The summed E-state index contributed by atoms with van der Waals surface area (Å²) < 4.78 is 6.64. The van der Waals surface area contributed by atoms with Crippen molar-refractivity contribution >= 4 is 17.7 Å². The van der Waals surface area contributed by atoms with Crippen LogP contribution in [0, 0.1) is 12.8 Å². The Balaban J connectivity index is 1.45. The van der Waals surface area contributed by atoms with Gasteiger partial charge < -0.3 is 4.72 Å². The average Bonchev–Trinajstić information content (AvgIpc) is 3.21. The molecule has 2 atom stereocenters. The second kappa shape index (κ2) is 12.1. The molecule has 186 valence electrons. The fraction of sp³-hybridized carbons (Fsp3) is 0.452. The van der Waals surface area contributed by atoms with Crippen LogP contribution < -0.4 is 9.44 Å². The number of nitrogens with zero attached hydrogens (tertiary/aromatic N) is 1. The summed E-state index contributed by atoms with van der Waals surface area (Å²) in [5, 5.41) is 0. The van der Waals surface area contributed by atoms with Gasteiger partial charge in [-0.1, -0.05) is 68.3 Å². The highest BCUT2D eigenvalue weighted by Crippen LogP contribution is 2.41. The topological polar surface area (TPSA) is 37.0 Å². The maximum Gasteiger partial charge on any atom is 0.0492 e. The Hall–Kier alpha value is -2.30. The zero-order chi connectivity index (χ0) is 24.8. The van der Waals surface area contributed by atoms with Gasteiger partial charge in [0.25, 0.3) is 0 Å². The first-order valence-corrected chi connectivity index (χ1v) is 14.1. The van der Waals surface area contributed by atoms with Crippen LogP contribution in [0.5, 0.6) is 0 Å². The lowest BCUT2D eigenvalue weighted by atomic mass is 9.90. The average molecular weight is 488 g/mol. The van der Waals surface area contributed by atoms with E-state index in [1.807, 2.05) is 0 Å². The summed E-state index contributed by atoms with van der Waals surface area (Å²) in [6.45, 7) is 13.0. The number of rotatable bonds is 9. The van der Waals surface area contributed by atoms with Crippen LogP contribution in [0.15, 0.2) is 65.9 Å². The largest absolute Gasteiger partial charge is 0.321 e. The molecule has 35 heavy (non-hydrogen) atoms. The lowest BCUT2D eigenvalue weighted by molar-refractivity contribution is 0.600. The second-order valence-electron chi connectivity index (χ2n) is 10.1. The quantitative estimate of drug-likeness (QED) is 0.276. The number of benzene rings is 1. The Morgan fingerprint density at radius 2 is 1.94 bits per heavy atom. The van der Waals surface area contributed by atoms with E-state index in [2.05, 4.69) is 86.2 Å². The van der Waals surface area contributed by atoms with Crippen LogP contribution in [-0.2, 0) is 12.8 Å². The molecule has 0 amide bonds. The van der Waals surface area contributed by atoms with Crippen molar-refractivity contribution in [3.8, 4) is 0 Å². The van der Waals surface area contributed by atoms with Gasteiger partial charge in [-0.2, -0.15) is 0 Å². The third-order valence-electron chi connectivity index (χ3n) is 7.63. The molecule has 0 radical (unpaired) electrons. The minimum Gasteiger partial charge on any atom is -0.321 e. The van der Waals surface area contributed by atoms with Crippen molar-refractivity contribution in [1.82, 2.24) is 14.4 Å². The monoisotopic (exact) mass is 487 g/mol. The number of aryl methyl sites for hydroxylation is 2. The molecule has 1 aromatic heterocycles. The standard InChI is InChI=1S/C31H41N3S/c1-6-8-9-10-27-16-18-30(23(5)32-27)28(7-2)29-17-15-26(22(29)4)20-24-11-13-25(14-12-24)31-19-21(3)33-35-34-31/h7,11-14,16,18,26,31,33-34H,3,6,8-10,15,17,19-20H2,1-2,4-5H3/b28-7+. The van der Waals surface area contributed by atoms with Crippen molar-refractivity contribution < 1.29 is 0 Å². The van der Waals surface area contributed by atoms with Gasteiger partial charge in [-0.25, -0.2) is 4.72 Å². The fourth-order valence-electron chi connectivity index (χ4n) is 5.53. The molecule has 0 bridgehead atoms. The molecule has 4 rings (SSSR count). The van der Waals surface area contributed by atoms with E-state index in [0.29, 0.717) is 12.0 Å². The summed E-state index contributed by atoms with van der Waals surface area (Å²) in [7, 11) is 0. The SMILES string of the molecule is C=C1CC(c2ccc(CC3CCC(/C(=C\C)c4ccc(CCCCC)nc4C)=C3C)cc2)NSN1. The Bertz CT molecular complexity index is 1100. The van der Waals surface area contributed by atoms with Gasteiger partial charge in [-0.05, 0) is 87.1 Å². The maximum atomic E-state index is 4.97. The number of hydrogen-bond acceptors (Lipinski definition) is 4. The Morgan fingerprint density at radius 1 is 1.14 bits per heavy atom. The van der Waals surface area contributed by atoms with Gasteiger partial charge in [0.2, 0.25) is 0 Å². The Labute approximate surface area is 216 Å². The van der Waals surface area contributed by atoms with Gasteiger partial charge in [0.05, 0.1) is 0 Å². The molecule has 2 aromatic rings. The van der Waals surface area contributed by atoms with Crippen LogP contribution in [-0.4, -0.2) is 4.98 Å². The van der Waals surface area contributed by atoms with Crippen molar-refractivity contribution in [3.63, 3.8) is 0 Å². The van der Waals surface area contributed by atoms with E-state index < -0.39 is 0 Å². The van der Waals surface area contributed by atoms with Crippen molar-refractivity contribution in [3.05, 3.63) is 94.0 Å². The first-order chi connectivity index (χ1) is 17.0. The molecule has 2 N–H and O–H groups in total. The normalized spacial score (nSPS) is 20.9. The van der Waals surface area contributed by atoms with Crippen molar-refractivity contribution in [1.29, 1.82) is 0 Å². The van der Waals surface area contributed by atoms with Crippen LogP contribution in [0.1, 0.15) is 93.4 Å². The molecular formula is C31H41N3S. The van der Waals surface area contributed by atoms with Gasteiger partial charge in [-0.15, -0.1) is 0 Å². The summed E-state index contributed by atoms with van der Waals surface area (Å²) >= 11 is 1.53. The minimum absolute atomic E-state index is 0.328. The molecule has 1 saturated heterocycles. The number of allylic oxidation sites excluding steroid dienone is 4.